The second kappa shape index (κ2) is 9.02. The number of pyridine rings is 1. The van der Waals surface area contributed by atoms with E-state index >= 15 is 0 Å². The van der Waals surface area contributed by atoms with Gasteiger partial charge in [-0.05, 0) is 38.0 Å². The number of alkyl halides is 4. The molecule has 3 heterocycles. The summed E-state index contributed by atoms with van der Waals surface area (Å²) in [6, 6.07) is 9.87. The molecule has 4 rings (SSSR count). The van der Waals surface area contributed by atoms with Gasteiger partial charge in [0.25, 0.3) is 5.91 Å². The van der Waals surface area contributed by atoms with Gasteiger partial charge >= 0.3 is 6.43 Å². The van der Waals surface area contributed by atoms with Crippen molar-refractivity contribution in [3.8, 4) is 11.1 Å². The Morgan fingerprint density at radius 1 is 1.15 bits per heavy atom. The van der Waals surface area contributed by atoms with E-state index < -0.39 is 43.0 Å². The van der Waals surface area contributed by atoms with Gasteiger partial charge in [-0.15, -0.1) is 0 Å². The van der Waals surface area contributed by atoms with Crippen LogP contribution in [0.2, 0.25) is 0 Å². The van der Waals surface area contributed by atoms with Crippen LogP contribution < -0.4 is 0 Å². The number of benzene rings is 1. The van der Waals surface area contributed by atoms with Gasteiger partial charge in [0.05, 0.1) is 11.7 Å². The predicted molar refractivity (Wildman–Crippen MR) is 115 cm³/mol. The third-order valence-electron chi connectivity index (χ3n) is 6.46. The van der Waals surface area contributed by atoms with Gasteiger partial charge in [-0.2, -0.15) is 8.78 Å². The number of likely N-dealkylation sites (tertiary alicyclic amines) is 1. The van der Waals surface area contributed by atoms with Gasteiger partial charge in [-0.3, -0.25) is 14.7 Å². The molecular formula is C24H27F4N3O2. The lowest BCUT2D eigenvalue weighted by Crippen LogP contribution is -2.51. The fourth-order valence-corrected chi connectivity index (χ4v) is 4.60. The molecule has 1 aromatic heterocycles. The Morgan fingerprint density at radius 3 is 2.30 bits per heavy atom. The molecule has 2 fully saturated rings. The van der Waals surface area contributed by atoms with Crippen molar-refractivity contribution >= 4 is 5.91 Å². The van der Waals surface area contributed by atoms with Gasteiger partial charge in [0, 0.05) is 30.9 Å². The van der Waals surface area contributed by atoms with E-state index in [1.807, 2.05) is 36.1 Å². The molecule has 178 valence electrons. The van der Waals surface area contributed by atoms with E-state index in [4.69, 9.17) is 4.74 Å². The first kappa shape index (κ1) is 23.6. The molecule has 0 spiro atoms. The maximum Gasteiger partial charge on any atom is 0.315 e. The summed E-state index contributed by atoms with van der Waals surface area (Å²) in [7, 11) is 0. The molecule has 3 atom stereocenters. The van der Waals surface area contributed by atoms with Gasteiger partial charge in [-0.25, -0.2) is 8.78 Å². The van der Waals surface area contributed by atoms with Crippen molar-refractivity contribution in [2.75, 3.05) is 19.8 Å². The number of nitrogens with zero attached hydrogens (tertiary/aromatic N) is 3. The minimum Gasteiger partial charge on any atom is -0.346 e. The highest BCUT2D eigenvalue weighted by Crippen LogP contribution is 2.42. The largest absolute Gasteiger partial charge is 0.346 e. The van der Waals surface area contributed by atoms with Crippen LogP contribution in [0.3, 0.4) is 0 Å². The summed E-state index contributed by atoms with van der Waals surface area (Å²) in [5.41, 5.74) is 1.83. The number of hydrogen-bond donors (Lipinski definition) is 0. The van der Waals surface area contributed by atoms with Crippen molar-refractivity contribution in [2.45, 2.75) is 57.3 Å². The molecule has 0 bridgehead atoms. The van der Waals surface area contributed by atoms with Crippen molar-refractivity contribution in [1.29, 1.82) is 0 Å². The summed E-state index contributed by atoms with van der Waals surface area (Å²) in [6.07, 6.45) is -3.12. The summed E-state index contributed by atoms with van der Waals surface area (Å²) in [5.74, 6) is -1.44. The molecule has 0 saturated carbocycles. The molecule has 5 nitrogen and oxygen atoms in total. The van der Waals surface area contributed by atoms with Crippen LogP contribution in [0, 0.1) is 0 Å². The van der Waals surface area contributed by atoms with E-state index in [9.17, 15) is 22.4 Å². The van der Waals surface area contributed by atoms with Crippen LogP contribution in [0.5, 0.6) is 0 Å². The highest BCUT2D eigenvalue weighted by Gasteiger charge is 2.52. The number of carbonyl (C=O) groups is 1. The SMILES string of the molecule is CC(c1ccc(-c2ccc(C3OC(C)(C)N(C(=O)C(F)F)C3CF)cc2)cn1)N1CC(F)C1. The average molecular weight is 465 g/mol. The fraction of sp³-hybridized carbons (Fsp3) is 0.500. The lowest BCUT2D eigenvalue weighted by Gasteiger charge is -2.38. The molecule has 9 heteroatoms. The lowest BCUT2D eigenvalue weighted by molar-refractivity contribution is -0.159. The van der Waals surface area contributed by atoms with E-state index in [-0.39, 0.29) is 6.04 Å². The number of carbonyl (C=O) groups excluding carboxylic acids is 1. The van der Waals surface area contributed by atoms with Crippen LogP contribution in [0.1, 0.15) is 44.2 Å². The van der Waals surface area contributed by atoms with Gasteiger partial charge in [-0.1, -0.05) is 30.3 Å². The van der Waals surface area contributed by atoms with Crippen LogP contribution in [0.25, 0.3) is 11.1 Å². The molecule has 2 saturated heterocycles. The van der Waals surface area contributed by atoms with Crippen molar-refractivity contribution in [1.82, 2.24) is 14.8 Å². The molecule has 33 heavy (non-hydrogen) atoms. The number of rotatable bonds is 6. The topological polar surface area (TPSA) is 45.7 Å². The normalized spacial score (nSPS) is 24.2. The van der Waals surface area contributed by atoms with Gasteiger partial charge in [0.1, 0.15) is 24.7 Å². The Balaban J connectivity index is 1.50. The molecule has 2 aliphatic rings. The standard InChI is InChI=1S/C24H27F4N3O2/c1-14(30-12-18(26)13-30)19-9-8-17(11-29-19)15-4-6-16(7-5-15)21-20(10-25)31(23(32)22(27)28)24(2,3)33-21/h4-9,11,14,18,20-22H,10,12-13H2,1-3H3. The van der Waals surface area contributed by atoms with Crippen LogP contribution in [-0.2, 0) is 9.53 Å². The zero-order valence-electron chi connectivity index (χ0n) is 18.7. The number of hydrogen-bond acceptors (Lipinski definition) is 4. The highest BCUT2D eigenvalue weighted by molar-refractivity contribution is 5.80. The monoisotopic (exact) mass is 465 g/mol. The van der Waals surface area contributed by atoms with Crippen molar-refractivity contribution in [3.05, 3.63) is 53.9 Å². The molecule has 2 aliphatic heterocycles. The average Bonchev–Trinajstić information content (AvgIpc) is 3.06. The minimum absolute atomic E-state index is 0.0350. The maximum atomic E-state index is 13.9. The first-order valence-corrected chi connectivity index (χ1v) is 10.9. The summed E-state index contributed by atoms with van der Waals surface area (Å²) < 4.78 is 59.0. The molecule has 1 amide bonds. The van der Waals surface area contributed by atoms with E-state index in [2.05, 4.69) is 4.98 Å². The van der Waals surface area contributed by atoms with Gasteiger partial charge in [0.2, 0.25) is 0 Å². The third kappa shape index (κ3) is 4.48. The smallest absolute Gasteiger partial charge is 0.315 e. The van der Waals surface area contributed by atoms with E-state index in [1.54, 1.807) is 18.3 Å². The Kier molecular flexibility index (Phi) is 6.46. The Morgan fingerprint density at radius 2 is 1.79 bits per heavy atom. The van der Waals surface area contributed by atoms with Gasteiger partial charge in [0.15, 0.2) is 0 Å². The first-order chi connectivity index (χ1) is 15.6. The van der Waals surface area contributed by atoms with Gasteiger partial charge < -0.3 is 9.64 Å². The highest BCUT2D eigenvalue weighted by atomic mass is 19.3. The zero-order chi connectivity index (χ0) is 23.9. The molecular weight excluding hydrogens is 438 g/mol. The summed E-state index contributed by atoms with van der Waals surface area (Å²) in [5, 5.41) is 0. The van der Waals surface area contributed by atoms with Crippen molar-refractivity contribution in [2.24, 2.45) is 0 Å². The van der Waals surface area contributed by atoms with E-state index in [1.165, 1.54) is 13.8 Å². The zero-order valence-corrected chi connectivity index (χ0v) is 18.7. The van der Waals surface area contributed by atoms with Crippen LogP contribution in [0.4, 0.5) is 17.6 Å². The minimum atomic E-state index is -3.24. The third-order valence-corrected chi connectivity index (χ3v) is 6.46. The van der Waals surface area contributed by atoms with E-state index in [0.29, 0.717) is 18.7 Å². The van der Waals surface area contributed by atoms with Crippen molar-refractivity contribution < 1.29 is 27.1 Å². The van der Waals surface area contributed by atoms with Crippen LogP contribution in [-0.4, -0.2) is 64.8 Å². The first-order valence-electron chi connectivity index (χ1n) is 10.9. The Hall–Kier alpha value is -2.52. The molecule has 0 radical (unpaired) electrons. The number of amides is 1. The second-order valence-corrected chi connectivity index (χ2v) is 9.04. The molecule has 0 aliphatic carbocycles. The molecule has 3 unspecified atom stereocenters. The number of halogens is 4. The lowest BCUT2D eigenvalue weighted by atomic mass is 9.98. The second-order valence-electron chi connectivity index (χ2n) is 9.04. The molecule has 2 aromatic rings. The Labute approximate surface area is 190 Å². The Bertz CT molecular complexity index is 978. The van der Waals surface area contributed by atoms with Crippen LogP contribution in [0.15, 0.2) is 42.6 Å². The predicted octanol–water partition coefficient (Wildman–Crippen LogP) is 4.70. The quantitative estimate of drug-likeness (QED) is 0.580. The molecule has 1 aromatic carbocycles. The summed E-state index contributed by atoms with van der Waals surface area (Å²) >= 11 is 0. The summed E-state index contributed by atoms with van der Waals surface area (Å²) in [4.78, 5) is 19.4. The number of ether oxygens (including phenoxy) is 1. The van der Waals surface area contributed by atoms with Crippen LogP contribution >= 0.6 is 0 Å². The fourth-order valence-electron chi connectivity index (χ4n) is 4.60. The molecule has 0 N–H and O–H groups in total. The maximum absolute atomic E-state index is 13.9. The number of aromatic nitrogens is 1. The van der Waals surface area contributed by atoms with Crippen molar-refractivity contribution in [3.63, 3.8) is 0 Å². The van der Waals surface area contributed by atoms with E-state index in [0.717, 1.165) is 21.7 Å². The summed E-state index contributed by atoms with van der Waals surface area (Å²) in [6.45, 7) is 4.80.